The average Bonchev–Trinajstić information content (AvgIpc) is 2.34. The average molecular weight is 296 g/mol. The van der Waals surface area contributed by atoms with Crippen molar-refractivity contribution in [3.05, 3.63) is 52.5 Å². The summed E-state index contributed by atoms with van der Waals surface area (Å²) in [6.07, 6.45) is 3.16. The number of anilines is 1. The highest BCUT2D eigenvalue weighted by atomic mass is 79.9. The zero-order chi connectivity index (χ0) is 12.1. The first kappa shape index (κ1) is 12.0. The Hall–Kier alpha value is -1.49. The molecule has 0 spiro atoms. The zero-order valence-corrected chi connectivity index (χ0v) is 10.6. The first-order valence-corrected chi connectivity index (χ1v) is 5.99. The lowest BCUT2D eigenvalue weighted by Crippen LogP contribution is -2.07. The Morgan fingerprint density at radius 3 is 2.41 bits per heavy atom. The van der Waals surface area contributed by atoms with Crippen molar-refractivity contribution in [3.8, 4) is 0 Å². The van der Waals surface area contributed by atoms with Crippen molar-refractivity contribution in [1.82, 2.24) is 9.97 Å². The number of nitrogens with zero attached hydrogens (tertiary/aromatic N) is 2. The number of hydrogen-bond acceptors (Lipinski definition) is 3. The highest BCUT2D eigenvalue weighted by Gasteiger charge is 1.97. The van der Waals surface area contributed by atoms with Crippen LogP contribution in [-0.4, -0.2) is 16.5 Å². The van der Waals surface area contributed by atoms with Crippen LogP contribution in [0.4, 0.5) is 10.3 Å². The van der Waals surface area contributed by atoms with Crippen LogP contribution in [0.5, 0.6) is 0 Å². The smallest absolute Gasteiger partial charge is 0.222 e. The Balaban J connectivity index is 1.83. The fraction of sp³-hybridized carbons (Fsp3) is 0.167. The SMILES string of the molecule is Fc1cnc(NCCc2ccc(Br)cc2)nc1. The summed E-state index contributed by atoms with van der Waals surface area (Å²) in [4.78, 5) is 7.64. The van der Waals surface area contributed by atoms with E-state index in [4.69, 9.17) is 0 Å². The Kier molecular flexibility index (Phi) is 4.03. The molecule has 0 atom stereocenters. The van der Waals surface area contributed by atoms with E-state index in [9.17, 15) is 4.39 Å². The van der Waals surface area contributed by atoms with Gasteiger partial charge in [-0.25, -0.2) is 14.4 Å². The minimum Gasteiger partial charge on any atom is -0.354 e. The van der Waals surface area contributed by atoms with E-state index in [-0.39, 0.29) is 0 Å². The van der Waals surface area contributed by atoms with Gasteiger partial charge in [-0.3, -0.25) is 0 Å². The molecular weight excluding hydrogens is 285 g/mol. The molecule has 1 aromatic carbocycles. The van der Waals surface area contributed by atoms with E-state index in [1.807, 2.05) is 12.1 Å². The van der Waals surface area contributed by atoms with Crippen LogP contribution in [0.25, 0.3) is 0 Å². The van der Waals surface area contributed by atoms with Gasteiger partial charge in [-0.05, 0) is 24.1 Å². The van der Waals surface area contributed by atoms with Gasteiger partial charge in [0.1, 0.15) is 0 Å². The van der Waals surface area contributed by atoms with Gasteiger partial charge in [-0.15, -0.1) is 0 Å². The summed E-state index contributed by atoms with van der Waals surface area (Å²) in [7, 11) is 0. The molecule has 1 aromatic heterocycles. The molecular formula is C12H11BrFN3. The van der Waals surface area contributed by atoms with Gasteiger partial charge in [-0.1, -0.05) is 28.1 Å². The van der Waals surface area contributed by atoms with E-state index in [1.165, 1.54) is 5.56 Å². The fourth-order valence-electron chi connectivity index (χ4n) is 1.37. The molecule has 0 saturated heterocycles. The maximum atomic E-state index is 12.6. The monoisotopic (exact) mass is 295 g/mol. The maximum absolute atomic E-state index is 12.6. The van der Waals surface area contributed by atoms with Gasteiger partial charge >= 0.3 is 0 Å². The Morgan fingerprint density at radius 1 is 1.12 bits per heavy atom. The molecule has 3 nitrogen and oxygen atoms in total. The quantitative estimate of drug-likeness (QED) is 0.942. The molecule has 17 heavy (non-hydrogen) atoms. The van der Waals surface area contributed by atoms with Gasteiger partial charge in [0.15, 0.2) is 5.82 Å². The lowest BCUT2D eigenvalue weighted by molar-refractivity contribution is 0.614. The third kappa shape index (κ3) is 3.78. The second-order valence-corrected chi connectivity index (χ2v) is 4.44. The van der Waals surface area contributed by atoms with Crippen molar-refractivity contribution in [2.45, 2.75) is 6.42 Å². The Bertz CT molecular complexity index is 425. The molecule has 2 aromatic rings. The van der Waals surface area contributed by atoms with E-state index in [1.54, 1.807) is 0 Å². The van der Waals surface area contributed by atoms with E-state index >= 15 is 0 Å². The van der Waals surface area contributed by atoms with Crippen LogP contribution in [0.1, 0.15) is 5.56 Å². The molecule has 1 N–H and O–H groups in total. The molecule has 1 heterocycles. The highest BCUT2D eigenvalue weighted by molar-refractivity contribution is 9.10. The minimum absolute atomic E-state index is 0.427. The van der Waals surface area contributed by atoms with Crippen molar-refractivity contribution < 1.29 is 4.39 Å². The predicted octanol–water partition coefficient (Wildman–Crippen LogP) is 3.03. The molecule has 0 bridgehead atoms. The lowest BCUT2D eigenvalue weighted by atomic mass is 10.1. The second-order valence-electron chi connectivity index (χ2n) is 3.53. The molecule has 88 valence electrons. The summed E-state index contributed by atoms with van der Waals surface area (Å²) in [5.74, 6) is 0.0203. The summed E-state index contributed by atoms with van der Waals surface area (Å²) in [5, 5.41) is 3.03. The molecule has 0 aliphatic rings. The van der Waals surface area contributed by atoms with Gasteiger partial charge in [0.2, 0.25) is 5.95 Å². The summed E-state index contributed by atoms with van der Waals surface area (Å²) < 4.78 is 13.6. The largest absolute Gasteiger partial charge is 0.354 e. The zero-order valence-electron chi connectivity index (χ0n) is 9.03. The number of hydrogen-bond donors (Lipinski definition) is 1. The topological polar surface area (TPSA) is 37.8 Å². The molecule has 0 aliphatic heterocycles. The molecule has 5 heteroatoms. The van der Waals surface area contributed by atoms with Crippen molar-refractivity contribution in [2.24, 2.45) is 0 Å². The minimum atomic E-state index is -0.427. The summed E-state index contributed by atoms with van der Waals surface area (Å²) in [6.45, 7) is 0.716. The van der Waals surface area contributed by atoms with Crippen LogP contribution < -0.4 is 5.32 Å². The number of benzene rings is 1. The molecule has 0 fully saturated rings. The van der Waals surface area contributed by atoms with Crippen molar-refractivity contribution in [1.29, 1.82) is 0 Å². The standard InChI is InChI=1S/C12H11BrFN3/c13-10-3-1-9(2-4-10)5-6-15-12-16-7-11(14)8-17-12/h1-4,7-8H,5-6H2,(H,15,16,17). The summed E-state index contributed by atoms with van der Waals surface area (Å²) in [6, 6.07) is 8.11. The Labute approximate surface area is 107 Å². The summed E-state index contributed by atoms with van der Waals surface area (Å²) >= 11 is 3.39. The first-order valence-electron chi connectivity index (χ1n) is 5.20. The van der Waals surface area contributed by atoms with Gasteiger partial charge in [0.25, 0.3) is 0 Å². The fourth-order valence-corrected chi connectivity index (χ4v) is 1.64. The first-order chi connectivity index (χ1) is 8.24. The number of halogens is 2. The maximum Gasteiger partial charge on any atom is 0.222 e. The molecule has 0 amide bonds. The number of nitrogens with one attached hydrogen (secondary N) is 1. The number of aromatic nitrogens is 2. The molecule has 2 rings (SSSR count). The van der Waals surface area contributed by atoms with E-state index < -0.39 is 5.82 Å². The van der Waals surface area contributed by atoms with E-state index in [0.29, 0.717) is 12.5 Å². The molecule has 0 unspecified atom stereocenters. The Morgan fingerprint density at radius 2 is 1.76 bits per heavy atom. The molecule has 0 radical (unpaired) electrons. The third-order valence-electron chi connectivity index (χ3n) is 2.23. The van der Waals surface area contributed by atoms with Crippen LogP contribution in [0, 0.1) is 5.82 Å². The molecule has 0 saturated carbocycles. The van der Waals surface area contributed by atoms with Crippen LogP contribution in [0.15, 0.2) is 41.1 Å². The van der Waals surface area contributed by atoms with Crippen molar-refractivity contribution >= 4 is 21.9 Å². The second kappa shape index (κ2) is 5.72. The van der Waals surface area contributed by atoms with E-state index in [0.717, 1.165) is 23.3 Å². The number of rotatable bonds is 4. The van der Waals surface area contributed by atoms with Crippen molar-refractivity contribution in [3.63, 3.8) is 0 Å². The van der Waals surface area contributed by atoms with Crippen LogP contribution in [0.3, 0.4) is 0 Å². The third-order valence-corrected chi connectivity index (χ3v) is 2.76. The van der Waals surface area contributed by atoms with Gasteiger partial charge in [0.05, 0.1) is 12.4 Å². The van der Waals surface area contributed by atoms with Crippen LogP contribution in [0.2, 0.25) is 0 Å². The van der Waals surface area contributed by atoms with E-state index in [2.05, 4.69) is 43.3 Å². The van der Waals surface area contributed by atoms with Crippen LogP contribution >= 0.6 is 15.9 Å². The van der Waals surface area contributed by atoms with Gasteiger partial charge in [0, 0.05) is 11.0 Å². The normalized spacial score (nSPS) is 10.2. The molecule has 0 aliphatic carbocycles. The van der Waals surface area contributed by atoms with Crippen LogP contribution in [-0.2, 0) is 6.42 Å². The van der Waals surface area contributed by atoms with Gasteiger partial charge < -0.3 is 5.32 Å². The lowest BCUT2D eigenvalue weighted by Gasteiger charge is -2.04. The highest BCUT2D eigenvalue weighted by Crippen LogP contribution is 2.10. The summed E-state index contributed by atoms with van der Waals surface area (Å²) in [5.41, 5.74) is 1.22. The van der Waals surface area contributed by atoms with Gasteiger partial charge in [-0.2, -0.15) is 0 Å². The predicted molar refractivity (Wildman–Crippen MR) is 68.3 cm³/mol. The van der Waals surface area contributed by atoms with Crippen molar-refractivity contribution in [2.75, 3.05) is 11.9 Å².